The Morgan fingerprint density at radius 1 is 1.09 bits per heavy atom. The van der Waals surface area contributed by atoms with Gasteiger partial charge < -0.3 is 17.2 Å². The predicted octanol–water partition coefficient (Wildman–Crippen LogP) is -0.419. The van der Waals surface area contributed by atoms with Crippen LogP contribution in [-0.4, -0.2) is 4.98 Å². The highest BCUT2D eigenvalue weighted by molar-refractivity contribution is 5.40. The van der Waals surface area contributed by atoms with Gasteiger partial charge in [0.2, 0.25) is 0 Å². The van der Waals surface area contributed by atoms with Crippen LogP contribution in [0.5, 0.6) is 0 Å². The van der Waals surface area contributed by atoms with E-state index in [0.29, 0.717) is 18.8 Å². The van der Waals surface area contributed by atoms with Gasteiger partial charge in [-0.25, -0.2) is 0 Å². The standard InChI is InChI=1S/C7H12N4/c8-3-6-1-5(10)2-7(4-9)11-6/h1-2H,3-4,8-9H2,(H2,10,11). The normalized spacial score (nSPS) is 10.0. The van der Waals surface area contributed by atoms with Crippen LogP contribution in [0.2, 0.25) is 0 Å². The van der Waals surface area contributed by atoms with Gasteiger partial charge in [0.1, 0.15) is 0 Å². The van der Waals surface area contributed by atoms with Crippen LogP contribution in [0.15, 0.2) is 12.1 Å². The first kappa shape index (κ1) is 7.97. The molecule has 0 aliphatic carbocycles. The van der Waals surface area contributed by atoms with Crippen molar-refractivity contribution in [3.8, 4) is 0 Å². The first-order chi connectivity index (χ1) is 5.26. The molecule has 0 aliphatic rings. The summed E-state index contributed by atoms with van der Waals surface area (Å²) in [5, 5.41) is 0. The topological polar surface area (TPSA) is 91.0 Å². The molecule has 11 heavy (non-hydrogen) atoms. The Balaban J connectivity index is 3.02. The second kappa shape index (κ2) is 3.32. The number of nitrogen functional groups attached to an aromatic ring is 1. The van der Waals surface area contributed by atoms with E-state index in [0.717, 1.165) is 11.4 Å². The van der Waals surface area contributed by atoms with Crippen LogP contribution in [-0.2, 0) is 13.1 Å². The van der Waals surface area contributed by atoms with Crippen molar-refractivity contribution in [1.82, 2.24) is 4.98 Å². The molecule has 0 unspecified atom stereocenters. The molecule has 0 spiro atoms. The van der Waals surface area contributed by atoms with Gasteiger partial charge in [-0.05, 0) is 12.1 Å². The summed E-state index contributed by atoms with van der Waals surface area (Å²) in [6.07, 6.45) is 0. The van der Waals surface area contributed by atoms with Gasteiger partial charge in [0.05, 0.1) is 11.4 Å². The van der Waals surface area contributed by atoms with Crippen molar-refractivity contribution in [3.05, 3.63) is 23.5 Å². The fourth-order valence-electron chi connectivity index (χ4n) is 0.885. The van der Waals surface area contributed by atoms with E-state index in [1.807, 2.05) is 0 Å². The van der Waals surface area contributed by atoms with Crippen molar-refractivity contribution in [2.45, 2.75) is 13.1 Å². The van der Waals surface area contributed by atoms with E-state index >= 15 is 0 Å². The molecular weight excluding hydrogens is 140 g/mol. The van der Waals surface area contributed by atoms with Crippen LogP contribution in [0, 0.1) is 0 Å². The zero-order valence-corrected chi connectivity index (χ0v) is 6.25. The molecule has 1 heterocycles. The number of pyridine rings is 1. The van der Waals surface area contributed by atoms with E-state index in [9.17, 15) is 0 Å². The predicted molar refractivity (Wildman–Crippen MR) is 44.4 cm³/mol. The summed E-state index contributed by atoms with van der Waals surface area (Å²) in [5.74, 6) is 0. The van der Waals surface area contributed by atoms with E-state index in [4.69, 9.17) is 17.2 Å². The summed E-state index contributed by atoms with van der Waals surface area (Å²) in [6, 6.07) is 3.50. The molecule has 1 aromatic rings. The molecule has 0 radical (unpaired) electrons. The maximum atomic E-state index is 5.56. The summed E-state index contributed by atoms with van der Waals surface area (Å²) in [7, 11) is 0. The molecule has 0 saturated carbocycles. The summed E-state index contributed by atoms with van der Waals surface area (Å²) in [6.45, 7) is 0.802. The Labute approximate surface area is 65.4 Å². The van der Waals surface area contributed by atoms with E-state index in [1.165, 1.54) is 0 Å². The third kappa shape index (κ3) is 1.89. The molecule has 0 fully saturated rings. The molecule has 4 heteroatoms. The van der Waals surface area contributed by atoms with Crippen LogP contribution < -0.4 is 17.2 Å². The number of aromatic nitrogens is 1. The quantitative estimate of drug-likeness (QED) is 0.537. The van der Waals surface area contributed by atoms with E-state index in [1.54, 1.807) is 12.1 Å². The van der Waals surface area contributed by atoms with Gasteiger partial charge in [0.15, 0.2) is 0 Å². The second-order valence-corrected chi connectivity index (χ2v) is 2.29. The zero-order chi connectivity index (χ0) is 8.27. The Hall–Kier alpha value is -1.13. The lowest BCUT2D eigenvalue weighted by atomic mass is 10.2. The largest absolute Gasteiger partial charge is 0.399 e. The zero-order valence-electron chi connectivity index (χ0n) is 6.25. The molecule has 6 N–H and O–H groups in total. The monoisotopic (exact) mass is 152 g/mol. The smallest absolute Gasteiger partial charge is 0.0563 e. The van der Waals surface area contributed by atoms with Crippen LogP contribution in [0.25, 0.3) is 0 Å². The summed E-state index contributed by atoms with van der Waals surface area (Å²) in [5.41, 5.74) is 18.6. The summed E-state index contributed by atoms with van der Waals surface area (Å²) in [4.78, 5) is 4.14. The van der Waals surface area contributed by atoms with Gasteiger partial charge >= 0.3 is 0 Å². The highest BCUT2D eigenvalue weighted by atomic mass is 14.8. The average molecular weight is 152 g/mol. The second-order valence-electron chi connectivity index (χ2n) is 2.29. The van der Waals surface area contributed by atoms with Crippen LogP contribution in [0.1, 0.15) is 11.4 Å². The number of hydrogen-bond donors (Lipinski definition) is 3. The Morgan fingerprint density at radius 3 is 1.91 bits per heavy atom. The highest BCUT2D eigenvalue weighted by Gasteiger charge is 1.96. The van der Waals surface area contributed by atoms with Gasteiger partial charge in [0.25, 0.3) is 0 Å². The molecule has 0 amide bonds. The first-order valence-corrected chi connectivity index (χ1v) is 3.41. The third-order valence-electron chi connectivity index (χ3n) is 1.37. The van der Waals surface area contributed by atoms with E-state index < -0.39 is 0 Å². The van der Waals surface area contributed by atoms with Crippen molar-refractivity contribution in [2.75, 3.05) is 5.73 Å². The molecule has 4 nitrogen and oxygen atoms in total. The molecule has 1 aromatic heterocycles. The van der Waals surface area contributed by atoms with Crippen LogP contribution >= 0.6 is 0 Å². The van der Waals surface area contributed by atoms with Gasteiger partial charge in [-0.1, -0.05) is 0 Å². The minimum Gasteiger partial charge on any atom is -0.399 e. The lowest BCUT2D eigenvalue weighted by Crippen LogP contribution is -2.06. The first-order valence-electron chi connectivity index (χ1n) is 3.41. The fourth-order valence-corrected chi connectivity index (χ4v) is 0.885. The van der Waals surface area contributed by atoms with Crippen molar-refractivity contribution >= 4 is 5.69 Å². The molecule has 0 aromatic carbocycles. The Kier molecular flexibility index (Phi) is 2.40. The molecule has 0 atom stereocenters. The molecule has 0 bridgehead atoms. The third-order valence-corrected chi connectivity index (χ3v) is 1.37. The van der Waals surface area contributed by atoms with Crippen molar-refractivity contribution in [3.63, 3.8) is 0 Å². The van der Waals surface area contributed by atoms with Gasteiger partial charge in [-0.15, -0.1) is 0 Å². The highest BCUT2D eigenvalue weighted by Crippen LogP contribution is 2.06. The lowest BCUT2D eigenvalue weighted by Gasteiger charge is -2.01. The van der Waals surface area contributed by atoms with E-state index in [2.05, 4.69) is 4.98 Å². The maximum Gasteiger partial charge on any atom is 0.0563 e. The number of nitrogens with two attached hydrogens (primary N) is 3. The van der Waals surface area contributed by atoms with Crippen molar-refractivity contribution in [1.29, 1.82) is 0 Å². The van der Waals surface area contributed by atoms with Gasteiger partial charge in [-0.3, -0.25) is 4.98 Å². The summed E-state index contributed by atoms with van der Waals surface area (Å²) >= 11 is 0. The molecule has 60 valence electrons. The minimum absolute atomic E-state index is 0.401. The van der Waals surface area contributed by atoms with Crippen molar-refractivity contribution < 1.29 is 0 Å². The van der Waals surface area contributed by atoms with E-state index in [-0.39, 0.29) is 0 Å². The number of hydrogen-bond acceptors (Lipinski definition) is 4. The van der Waals surface area contributed by atoms with Crippen molar-refractivity contribution in [2.24, 2.45) is 11.5 Å². The molecule has 0 saturated heterocycles. The SMILES string of the molecule is NCc1cc(N)cc(CN)n1. The number of anilines is 1. The molecule has 1 rings (SSSR count). The summed E-state index contributed by atoms with van der Waals surface area (Å²) < 4.78 is 0. The lowest BCUT2D eigenvalue weighted by molar-refractivity contribution is 0.918. The average Bonchev–Trinajstić information content (AvgIpc) is 2.03. The number of rotatable bonds is 2. The maximum absolute atomic E-state index is 5.56. The number of nitrogens with zero attached hydrogens (tertiary/aromatic N) is 1. The Morgan fingerprint density at radius 2 is 1.55 bits per heavy atom. The fraction of sp³-hybridized carbons (Fsp3) is 0.286. The van der Waals surface area contributed by atoms with Gasteiger partial charge in [0, 0.05) is 18.8 Å². The Bertz CT molecular complexity index is 224. The molecular formula is C7H12N4. The van der Waals surface area contributed by atoms with Crippen LogP contribution in [0.3, 0.4) is 0 Å². The van der Waals surface area contributed by atoms with Crippen LogP contribution in [0.4, 0.5) is 5.69 Å². The molecule has 0 aliphatic heterocycles. The van der Waals surface area contributed by atoms with Gasteiger partial charge in [-0.2, -0.15) is 0 Å². The minimum atomic E-state index is 0.401.